The summed E-state index contributed by atoms with van der Waals surface area (Å²) in [4.78, 5) is 0. The van der Waals surface area contributed by atoms with Crippen molar-refractivity contribution in [3.05, 3.63) is 33.8 Å². The maximum Gasteiger partial charge on any atom is 0.137 e. The highest BCUT2D eigenvalue weighted by Gasteiger charge is 2.34. The van der Waals surface area contributed by atoms with Crippen LogP contribution >= 0.6 is 15.9 Å². The molecular formula is C10H9BrF2O. The molecule has 1 nitrogen and oxygen atoms in total. The topological polar surface area (TPSA) is 20.2 Å². The van der Waals surface area contributed by atoms with Gasteiger partial charge in [0.25, 0.3) is 0 Å². The van der Waals surface area contributed by atoms with E-state index in [0.29, 0.717) is 0 Å². The van der Waals surface area contributed by atoms with Gasteiger partial charge in [0.15, 0.2) is 0 Å². The molecule has 1 atom stereocenters. The molecule has 1 aliphatic rings. The first-order valence-electron chi connectivity index (χ1n) is 4.42. The maximum atomic E-state index is 13.3. The first-order valence-corrected chi connectivity index (χ1v) is 5.22. The van der Waals surface area contributed by atoms with Crippen LogP contribution in [0.15, 0.2) is 16.6 Å². The fourth-order valence-electron chi connectivity index (χ4n) is 1.46. The molecule has 1 unspecified atom stereocenters. The van der Waals surface area contributed by atoms with Crippen molar-refractivity contribution in [3.8, 4) is 0 Å². The zero-order valence-electron chi connectivity index (χ0n) is 7.30. The van der Waals surface area contributed by atoms with Crippen LogP contribution in [0.5, 0.6) is 0 Å². The van der Waals surface area contributed by atoms with Gasteiger partial charge in [0.2, 0.25) is 0 Å². The van der Waals surface area contributed by atoms with Gasteiger partial charge in [-0.15, -0.1) is 0 Å². The second-order valence-electron chi connectivity index (χ2n) is 3.54. The van der Waals surface area contributed by atoms with Crippen molar-refractivity contribution in [1.82, 2.24) is 0 Å². The van der Waals surface area contributed by atoms with Crippen LogP contribution in [0.1, 0.15) is 24.5 Å². The third-order valence-corrected chi connectivity index (χ3v) is 3.25. The zero-order valence-corrected chi connectivity index (χ0v) is 8.89. The van der Waals surface area contributed by atoms with Crippen LogP contribution in [0.3, 0.4) is 0 Å². The van der Waals surface area contributed by atoms with Crippen molar-refractivity contribution in [2.24, 2.45) is 5.92 Å². The molecule has 1 N–H and O–H groups in total. The fraction of sp³-hybridized carbons (Fsp3) is 0.400. The summed E-state index contributed by atoms with van der Waals surface area (Å²) in [7, 11) is 0. The highest BCUT2D eigenvalue weighted by Crippen LogP contribution is 2.44. The number of benzene rings is 1. The second kappa shape index (κ2) is 3.59. The van der Waals surface area contributed by atoms with Gasteiger partial charge in [0.05, 0.1) is 10.6 Å². The van der Waals surface area contributed by atoms with Gasteiger partial charge in [-0.1, -0.05) is 0 Å². The number of aliphatic hydroxyl groups is 1. The lowest BCUT2D eigenvalue weighted by Crippen LogP contribution is -2.05. The van der Waals surface area contributed by atoms with Crippen LogP contribution in [0.2, 0.25) is 0 Å². The highest BCUT2D eigenvalue weighted by atomic mass is 79.9. The molecule has 1 fully saturated rings. The van der Waals surface area contributed by atoms with Crippen LogP contribution in [0, 0.1) is 17.6 Å². The molecule has 0 amide bonds. The van der Waals surface area contributed by atoms with E-state index < -0.39 is 17.7 Å². The molecule has 1 saturated carbocycles. The Bertz CT molecular complexity index is 363. The summed E-state index contributed by atoms with van der Waals surface area (Å²) in [6.07, 6.45) is 0.868. The molecule has 1 aromatic carbocycles. The van der Waals surface area contributed by atoms with Gasteiger partial charge in [-0.2, -0.15) is 0 Å². The molecule has 0 spiro atoms. The third kappa shape index (κ3) is 1.68. The average molecular weight is 263 g/mol. The summed E-state index contributed by atoms with van der Waals surface area (Å²) < 4.78 is 26.4. The molecule has 0 heterocycles. The minimum atomic E-state index is -0.889. The van der Waals surface area contributed by atoms with E-state index in [4.69, 9.17) is 0 Å². The SMILES string of the molecule is OC(c1c(F)ccc(F)c1Br)C1CC1. The quantitative estimate of drug-likeness (QED) is 0.812. The Morgan fingerprint density at radius 1 is 1.29 bits per heavy atom. The van der Waals surface area contributed by atoms with Gasteiger partial charge in [-0.25, -0.2) is 8.78 Å². The van der Waals surface area contributed by atoms with Gasteiger partial charge in [-0.05, 0) is 46.8 Å². The minimum absolute atomic E-state index is 0.0388. The first-order chi connectivity index (χ1) is 6.61. The molecule has 4 heteroatoms. The van der Waals surface area contributed by atoms with E-state index in [9.17, 15) is 13.9 Å². The molecular weight excluding hydrogens is 254 g/mol. The van der Waals surface area contributed by atoms with Gasteiger partial charge in [-0.3, -0.25) is 0 Å². The highest BCUT2D eigenvalue weighted by molar-refractivity contribution is 9.10. The standard InChI is InChI=1S/C10H9BrF2O/c11-9-7(13)4-3-6(12)8(9)10(14)5-1-2-5/h3-5,10,14H,1-2H2. The summed E-state index contributed by atoms with van der Waals surface area (Å²) in [6, 6.07) is 2.09. The number of rotatable bonds is 2. The third-order valence-electron chi connectivity index (χ3n) is 2.44. The van der Waals surface area contributed by atoms with Gasteiger partial charge in [0.1, 0.15) is 11.6 Å². The Kier molecular flexibility index (Phi) is 2.58. The van der Waals surface area contributed by atoms with Crippen molar-refractivity contribution in [1.29, 1.82) is 0 Å². The van der Waals surface area contributed by atoms with Crippen molar-refractivity contribution in [3.63, 3.8) is 0 Å². The second-order valence-corrected chi connectivity index (χ2v) is 4.33. The summed E-state index contributed by atoms with van der Waals surface area (Å²) in [5.74, 6) is -1.01. The lowest BCUT2D eigenvalue weighted by molar-refractivity contribution is 0.148. The molecule has 14 heavy (non-hydrogen) atoms. The maximum absolute atomic E-state index is 13.3. The zero-order chi connectivity index (χ0) is 10.3. The Balaban J connectivity index is 2.43. The van der Waals surface area contributed by atoms with Gasteiger partial charge >= 0.3 is 0 Å². The molecule has 76 valence electrons. The van der Waals surface area contributed by atoms with E-state index in [2.05, 4.69) is 15.9 Å². The smallest absolute Gasteiger partial charge is 0.137 e. The van der Waals surface area contributed by atoms with Gasteiger partial charge < -0.3 is 5.11 Å². The summed E-state index contributed by atoms with van der Waals surface area (Å²) in [5.41, 5.74) is 0.0486. The molecule has 0 radical (unpaired) electrons. The molecule has 1 aliphatic carbocycles. The Hall–Kier alpha value is -0.480. The van der Waals surface area contributed by atoms with Crippen LogP contribution in [-0.4, -0.2) is 5.11 Å². The van der Waals surface area contributed by atoms with Gasteiger partial charge in [0, 0.05) is 5.56 Å². The molecule has 0 aromatic heterocycles. The predicted molar refractivity (Wildman–Crippen MR) is 51.7 cm³/mol. The van der Waals surface area contributed by atoms with E-state index in [1.165, 1.54) is 0 Å². The van der Waals surface area contributed by atoms with Crippen LogP contribution in [-0.2, 0) is 0 Å². The van der Waals surface area contributed by atoms with E-state index in [0.717, 1.165) is 25.0 Å². The Labute approximate surface area is 88.9 Å². The Morgan fingerprint density at radius 3 is 2.43 bits per heavy atom. The van der Waals surface area contributed by atoms with Crippen molar-refractivity contribution in [2.75, 3.05) is 0 Å². The van der Waals surface area contributed by atoms with Crippen molar-refractivity contribution < 1.29 is 13.9 Å². The largest absolute Gasteiger partial charge is 0.388 e. The average Bonchev–Trinajstić information content (AvgIpc) is 2.95. The van der Waals surface area contributed by atoms with E-state index in [1.807, 2.05) is 0 Å². The number of halogens is 3. The summed E-state index contributed by atoms with van der Waals surface area (Å²) in [6.45, 7) is 0. The monoisotopic (exact) mass is 262 g/mol. The molecule has 0 aliphatic heterocycles. The molecule has 0 saturated heterocycles. The van der Waals surface area contributed by atoms with E-state index >= 15 is 0 Å². The van der Waals surface area contributed by atoms with Crippen molar-refractivity contribution in [2.45, 2.75) is 18.9 Å². The molecule has 2 rings (SSSR count). The van der Waals surface area contributed by atoms with E-state index in [1.54, 1.807) is 0 Å². The lowest BCUT2D eigenvalue weighted by Gasteiger charge is -2.13. The Morgan fingerprint density at radius 2 is 1.86 bits per heavy atom. The minimum Gasteiger partial charge on any atom is -0.388 e. The fourth-order valence-corrected chi connectivity index (χ4v) is 2.02. The summed E-state index contributed by atoms with van der Waals surface area (Å²) in [5, 5.41) is 9.71. The number of hydrogen-bond donors (Lipinski definition) is 1. The van der Waals surface area contributed by atoms with Crippen LogP contribution in [0.25, 0.3) is 0 Å². The number of hydrogen-bond acceptors (Lipinski definition) is 1. The first kappa shape index (κ1) is 10.1. The van der Waals surface area contributed by atoms with E-state index in [-0.39, 0.29) is 16.0 Å². The number of aliphatic hydroxyl groups excluding tert-OH is 1. The normalized spacial score (nSPS) is 18.3. The summed E-state index contributed by atoms with van der Waals surface area (Å²) >= 11 is 2.95. The lowest BCUT2D eigenvalue weighted by atomic mass is 10.0. The van der Waals surface area contributed by atoms with Crippen LogP contribution < -0.4 is 0 Å². The molecule has 0 bridgehead atoms. The van der Waals surface area contributed by atoms with Crippen LogP contribution in [0.4, 0.5) is 8.78 Å². The molecule has 1 aromatic rings. The van der Waals surface area contributed by atoms with Crippen molar-refractivity contribution >= 4 is 15.9 Å². The predicted octanol–water partition coefficient (Wildman–Crippen LogP) is 3.17.